The van der Waals surface area contributed by atoms with Crippen molar-refractivity contribution < 1.29 is 18.3 Å². The molecule has 1 amide bonds. The van der Waals surface area contributed by atoms with E-state index in [0.29, 0.717) is 37.7 Å². The van der Waals surface area contributed by atoms with Gasteiger partial charge in [0.15, 0.2) is 8.32 Å². The number of benzene rings is 1. The lowest BCUT2D eigenvalue weighted by atomic mass is 10.2. The Bertz CT molecular complexity index is 720. The van der Waals surface area contributed by atoms with Crippen LogP contribution in [0.5, 0.6) is 0 Å². The largest absolute Gasteiger partial charge is 0.442 e. The number of carbonyl (C=O) groups excluding carboxylic acids is 1. The maximum atomic E-state index is 14.7. The molecule has 0 aromatic heterocycles. The molecule has 28 heavy (non-hydrogen) atoms. The highest BCUT2D eigenvalue weighted by molar-refractivity contribution is 6.74. The third kappa shape index (κ3) is 4.48. The summed E-state index contributed by atoms with van der Waals surface area (Å²) in [7, 11) is -1.92. The Kier molecular flexibility index (Phi) is 5.99. The zero-order valence-electron chi connectivity index (χ0n) is 17.3. The Morgan fingerprint density at radius 2 is 2.07 bits per heavy atom. The van der Waals surface area contributed by atoms with Gasteiger partial charge in [-0.25, -0.2) is 14.6 Å². The molecule has 2 aliphatic heterocycles. The van der Waals surface area contributed by atoms with Crippen LogP contribution in [-0.2, 0) is 9.16 Å². The van der Waals surface area contributed by atoms with Crippen LogP contribution in [0.2, 0.25) is 18.1 Å². The molecule has 2 N–H and O–H groups in total. The molecule has 0 radical (unpaired) electrons. The summed E-state index contributed by atoms with van der Waals surface area (Å²) in [6.07, 6.45) is -0.804. The summed E-state index contributed by atoms with van der Waals surface area (Å²) in [6.45, 7) is 13.5. The van der Waals surface area contributed by atoms with E-state index in [-0.39, 0.29) is 17.0 Å². The van der Waals surface area contributed by atoms with Gasteiger partial charge in [-0.2, -0.15) is 0 Å². The maximum absolute atomic E-state index is 14.7. The van der Waals surface area contributed by atoms with Crippen molar-refractivity contribution >= 4 is 25.8 Å². The Hall–Kier alpha value is -1.68. The van der Waals surface area contributed by atoms with Crippen molar-refractivity contribution in [3.05, 3.63) is 24.0 Å². The van der Waals surface area contributed by atoms with Crippen LogP contribution in [-0.4, -0.2) is 53.4 Å². The minimum Gasteiger partial charge on any atom is -0.442 e. The third-order valence-electron chi connectivity index (χ3n) is 5.80. The van der Waals surface area contributed by atoms with Crippen LogP contribution in [0.25, 0.3) is 0 Å². The van der Waals surface area contributed by atoms with Crippen molar-refractivity contribution in [2.24, 2.45) is 0 Å². The SMILES string of the molecule is CC(C)(C)[Si](C)(C)OC[C@H]1CN(c2ccc(N3CCNNC3)c(F)c2)C(=O)O1. The fraction of sp³-hybridized carbons (Fsp3) is 0.632. The highest BCUT2D eigenvalue weighted by Crippen LogP contribution is 2.37. The van der Waals surface area contributed by atoms with Gasteiger partial charge in [0.1, 0.15) is 11.9 Å². The van der Waals surface area contributed by atoms with E-state index < -0.39 is 14.4 Å². The van der Waals surface area contributed by atoms with Crippen molar-refractivity contribution in [2.45, 2.75) is 45.0 Å². The molecule has 1 atom stereocenters. The van der Waals surface area contributed by atoms with Crippen molar-refractivity contribution in [3.8, 4) is 0 Å². The molecule has 156 valence electrons. The van der Waals surface area contributed by atoms with Crippen LogP contribution in [0.15, 0.2) is 18.2 Å². The van der Waals surface area contributed by atoms with Gasteiger partial charge in [-0.05, 0) is 36.3 Å². The van der Waals surface area contributed by atoms with E-state index in [1.54, 1.807) is 12.1 Å². The summed E-state index contributed by atoms with van der Waals surface area (Å²) in [5, 5.41) is 0.0904. The van der Waals surface area contributed by atoms with E-state index in [1.807, 2.05) is 4.90 Å². The quantitative estimate of drug-likeness (QED) is 0.728. The first-order valence-corrected chi connectivity index (χ1v) is 12.6. The monoisotopic (exact) mass is 410 g/mol. The standard InChI is InChI=1S/C19H31FN4O3Si/c1-19(2,3)28(4,5)26-12-15-11-24(18(25)27-15)14-6-7-17(16(20)10-14)23-9-8-21-22-13-23/h6-7,10,15,21-22H,8-9,11-13H2,1-5H3/t15-/m1/s1. The van der Waals surface area contributed by atoms with E-state index >= 15 is 0 Å². The minimum atomic E-state index is -1.92. The topological polar surface area (TPSA) is 66.1 Å². The van der Waals surface area contributed by atoms with E-state index in [9.17, 15) is 9.18 Å². The predicted molar refractivity (Wildman–Crippen MR) is 111 cm³/mol. The Labute approximate surface area is 167 Å². The molecule has 0 spiro atoms. The average molecular weight is 411 g/mol. The van der Waals surface area contributed by atoms with Crippen molar-refractivity contribution in [2.75, 3.05) is 42.7 Å². The van der Waals surface area contributed by atoms with Gasteiger partial charge in [-0.3, -0.25) is 10.3 Å². The van der Waals surface area contributed by atoms with Crippen LogP contribution in [0.4, 0.5) is 20.6 Å². The smallest absolute Gasteiger partial charge is 0.414 e. The summed E-state index contributed by atoms with van der Waals surface area (Å²) < 4.78 is 26.3. The van der Waals surface area contributed by atoms with Crippen molar-refractivity contribution in [1.29, 1.82) is 0 Å². The molecule has 7 nitrogen and oxygen atoms in total. The molecule has 0 saturated carbocycles. The van der Waals surface area contributed by atoms with Crippen LogP contribution in [0.1, 0.15) is 20.8 Å². The second kappa shape index (κ2) is 7.98. The number of cyclic esters (lactones) is 1. The number of nitrogens with one attached hydrogen (secondary N) is 2. The predicted octanol–water partition coefficient (Wildman–Crippen LogP) is 3.04. The number of hydrogen-bond donors (Lipinski definition) is 2. The number of nitrogens with zero attached hydrogens (tertiary/aromatic N) is 2. The van der Waals surface area contributed by atoms with Crippen molar-refractivity contribution in [3.63, 3.8) is 0 Å². The van der Waals surface area contributed by atoms with Crippen molar-refractivity contribution in [1.82, 2.24) is 10.9 Å². The molecule has 2 fully saturated rings. The zero-order valence-corrected chi connectivity index (χ0v) is 18.3. The molecule has 2 saturated heterocycles. The van der Waals surface area contributed by atoms with Gasteiger partial charge in [-0.15, -0.1) is 0 Å². The second-order valence-electron chi connectivity index (χ2n) is 8.85. The Balaban J connectivity index is 1.64. The molecule has 2 aliphatic rings. The molecular formula is C19H31FN4O3Si. The number of amides is 1. The summed E-state index contributed by atoms with van der Waals surface area (Å²) in [5.74, 6) is -0.352. The molecule has 0 unspecified atom stereocenters. The molecular weight excluding hydrogens is 379 g/mol. The Morgan fingerprint density at radius 1 is 1.32 bits per heavy atom. The van der Waals surface area contributed by atoms with E-state index in [2.05, 4.69) is 44.7 Å². The molecule has 3 rings (SSSR count). The molecule has 1 aromatic rings. The van der Waals surface area contributed by atoms with Gasteiger partial charge >= 0.3 is 6.09 Å². The fourth-order valence-electron chi connectivity index (χ4n) is 2.97. The number of carbonyl (C=O) groups is 1. The highest BCUT2D eigenvalue weighted by atomic mass is 28.4. The summed E-state index contributed by atoms with van der Waals surface area (Å²) in [6, 6.07) is 4.87. The molecule has 0 bridgehead atoms. The van der Waals surface area contributed by atoms with E-state index in [4.69, 9.17) is 9.16 Å². The normalized spacial score (nSPS) is 21.2. The summed E-state index contributed by atoms with van der Waals surface area (Å²) in [4.78, 5) is 15.7. The summed E-state index contributed by atoms with van der Waals surface area (Å²) >= 11 is 0. The number of rotatable bonds is 5. The second-order valence-corrected chi connectivity index (χ2v) is 13.7. The third-order valence-corrected chi connectivity index (χ3v) is 10.3. The van der Waals surface area contributed by atoms with E-state index in [1.165, 1.54) is 11.0 Å². The minimum absolute atomic E-state index is 0.0904. The van der Waals surface area contributed by atoms with Gasteiger partial charge in [0, 0.05) is 13.1 Å². The van der Waals surface area contributed by atoms with Gasteiger partial charge in [-0.1, -0.05) is 20.8 Å². The number of hydrogen-bond acceptors (Lipinski definition) is 6. The first kappa shape index (κ1) is 21.0. The number of hydrazine groups is 1. The van der Waals surface area contributed by atoms with E-state index in [0.717, 1.165) is 6.54 Å². The first-order chi connectivity index (χ1) is 13.1. The fourth-order valence-corrected chi connectivity index (χ4v) is 4.01. The van der Waals surface area contributed by atoms with Crippen LogP contribution in [0, 0.1) is 5.82 Å². The lowest BCUT2D eigenvalue weighted by molar-refractivity contribution is 0.0997. The van der Waals surface area contributed by atoms with Gasteiger partial charge in [0.25, 0.3) is 0 Å². The highest BCUT2D eigenvalue weighted by Gasteiger charge is 2.40. The molecule has 9 heteroatoms. The number of halogens is 1. The Morgan fingerprint density at radius 3 is 2.68 bits per heavy atom. The van der Waals surface area contributed by atoms with Crippen LogP contribution >= 0.6 is 0 Å². The van der Waals surface area contributed by atoms with Gasteiger partial charge < -0.3 is 14.1 Å². The molecule has 2 heterocycles. The lowest BCUT2D eigenvalue weighted by Gasteiger charge is -2.36. The maximum Gasteiger partial charge on any atom is 0.414 e. The number of ether oxygens (including phenoxy) is 1. The zero-order chi connectivity index (χ0) is 20.5. The van der Waals surface area contributed by atoms with Crippen LogP contribution in [0.3, 0.4) is 0 Å². The summed E-state index contributed by atoms with van der Waals surface area (Å²) in [5.41, 5.74) is 7.02. The number of anilines is 2. The lowest BCUT2D eigenvalue weighted by Crippen LogP contribution is -2.52. The van der Waals surface area contributed by atoms with Gasteiger partial charge in [0.05, 0.1) is 31.2 Å². The molecule has 1 aromatic carbocycles. The first-order valence-electron chi connectivity index (χ1n) is 9.71. The van der Waals surface area contributed by atoms with Gasteiger partial charge in [0.2, 0.25) is 0 Å². The van der Waals surface area contributed by atoms with Crippen LogP contribution < -0.4 is 20.7 Å². The molecule has 0 aliphatic carbocycles. The average Bonchev–Trinajstić information content (AvgIpc) is 3.00.